The minimum atomic E-state index is -0.205. The maximum absolute atomic E-state index is 13.4. The minimum Gasteiger partial charge on any atom is -0.378 e. The number of morpholine rings is 1. The molecular formula is C17H25N5O2. The van der Waals surface area contributed by atoms with E-state index in [9.17, 15) is 4.79 Å². The van der Waals surface area contributed by atoms with E-state index in [2.05, 4.69) is 15.4 Å². The number of aryl methyl sites for hydroxylation is 1. The van der Waals surface area contributed by atoms with Gasteiger partial charge in [0, 0.05) is 13.1 Å². The molecule has 6 rings (SSSR count). The fourth-order valence-electron chi connectivity index (χ4n) is 6.29. The van der Waals surface area contributed by atoms with Crippen molar-refractivity contribution in [2.75, 3.05) is 26.3 Å². The van der Waals surface area contributed by atoms with Crippen molar-refractivity contribution in [1.82, 2.24) is 25.1 Å². The number of nitrogens with zero attached hydrogens (tertiary/aromatic N) is 5. The number of carbonyl (C=O) groups excluding carboxylic acids is 1. The smallest absolute Gasteiger partial charge is 0.229 e. The summed E-state index contributed by atoms with van der Waals surface area (Å²) in [6.07, 6.45) is 6.48. The summed E-state index contributed by atoms with van der Waals surface area (Å²) in [6, 6.07) is 0. The molecule has 5 aliphatic rings. The van der Waals surface area contributed by atoms with Crippen molar-refractivity contribution in [2.24, 2.45) is 17.3 Å². The number of hydrogen-bond donors (Lipinski definition) is 0. The number of rotatable bonds is 2. The molecule has 7 heteroatoms. The van der Waals surface area contributed by atoms with Gasteiger partial charge in [-0.15, -0.1) is 10.2 Å². The lowest BCUT2D eigenvalue weighted by Crippen LogP contribution is -2.62. The van der Waals surface area contributed by atoms with Crippen LogP contribution >= 0.6 is 0 Å². The van der Waals surface area contributed by atoms with Crippen LogP contribution in [0.1, 0.15) is 44.3 Å². The summed E-state index contributed by atoms with van der Waals surface area (Å²) in [6.45, 7) is 4.71. The average Bonchev–Trinajstić information content (AvgIpc) is 3.01. The molecule has 1 aromatic rings. The highest BCUT2D eigenvalue weighted by Gasteiger charge is 2.63. The summed E-state index contributed by atoms with van der Waals surface area (Å²) in [5.41, 5.74) is -0.295. The number of tetrazole rings is 1. The third-order valence-corrected chi connectivity index (χ3v) is 6.72. The SMILES string of the molecule is Cc1nnn(C23C[C@H]4C[C@@H](CC(C(=O)N5CCOCC5)(C4)C2)C3)n1. The van der Waals surface area contributed by atoms with E-state index >= 15 is 0 Å². The number of aromatic nitrogens is 4. The lowest BCUT2D eigenvalue weighted by Gasteiger charge is -2.61. The maximum atomic E-state index is 13.4. The highest BCUT2D eigenvalue weighted by molar-refractivity contribution is 5.83. The van der Waals surface area contributed by atoms with Gasteiger partial charge in [-0.2, -0.15) is 4.80 Å². The predicted octanol–water partition coefficient (Wildman–Crippen LogP) is 1.14. The van der Waals surface area contributed by atoms with Crippen LogP contribution < -0.4 is 0 Å². The normalized spacial score (nSPS) is 41.0. The highest BCUT2D eigenvalue weighted by atomic mass is 16.5. The van der Waals surface area contributed by atoms with Crippen LogP contribution in [0.4, 0.5) is 0 Å². The van der Waals surface area contributed by atoms with E-state index in [1.807, 2.05) is 16.6 Å². The van der Waals surface area contributed by atoms with Gasteiger partial charge >= 0.3 is 0 Å². The van der Waals surface area contributed by atoms with E-state index < -0.39 is 0 Å². The van der Waals surface area contributed by atoms with Crippen LogP contribution in [0.25, 0.3) is 0 Å². The zero-order valence-electron chi connectivity index (χ0n) is 14.3. The number of hydrogen-bond acceptors (Lipinski definition) is 5. The van der Waals surface area contributed by atoms with Crippen LogP contribution in [-0.4, -0.2) is 57.3 Å². The Morgan fingerprint density at radius 3 is 2.50 bits per heavy atom. The van der Waals surface area contributed by atoms with E-state index in [0.717, 1.165) is 51.0 Å². The number of carbonyl (C=O) groups is 1. The van der Waals surface area contributed by atoms with E-state index in [1.165, 1.54) is 6.42 Å². The molecule has 2 heterocycles. The van der Waals surface area contributed by atoms with Crippen molar-refractivity contribution >= 4 is 5.91 Å². The molecule has 1 amide bonds. The Morgan fingerprint density at radius 1 is 1.17 bits per heavy atom. The Bertz CT molecular complexity index is 652. The monoisotopic (exact) mass is 331 g/mol. The minimum absolute atomic E-state index is 0.0900. The zero-order valence-corrected chi connectivity index (χ0v) is 14.3. The third-order valence-electron chi connectivity index (χ3n) is 6.72. The quantitative estimate of drug-likeness (QED) is 0.812. The zero-order chi connectivity index (χ0) is 16.4. The molecule has 4 aliphatic carbocycles. The summed E-state index contributed by atoms with van der Waals surface area (Å²) in [7, 11) is 0. The van der Waals surface area contributed by atoms with Gasteiger partial charge in [0.25, 0.3) is 0 Å². The van der Waals surface area contributed by atoms with Gasteiger partial charge in [0.1, 0.15) is 0 Å². The molecule has 0 unspecified atom stereocenters. The van der Waals surface area contributed by atoms with Crippen LogP contribution in [0.15, 0.2) is 0 Å². The van der Waals surface area contributed by atoms with Gasteiger partial charge in [0.15, 0.2) is 5.82 Å². The van der Waals surface area contributed by atoms with E-state index in [-0.39, 0.29) is 11.0 Å². The second-order valence-electron chi connectivity index (χ2n) is 8.50. The molecule has 0 N–H and O–H groups in total. The molecule has 0 aromatic carbocycles. The first-order chi connectivity index (χ1) is 11.6. The standard InChI is InChI=1S/C17H25N5O2/c1-12-18-20-22(19-12)17-9-13-6-14(10-17)8-16(7-13,11-17)15(23)21-2-4-24-5-3-21/h13-14H,2-11H2,1H3/t13-,14-,16?,17?/m0/s1. The molecule has 1 aliphatic heterocycles. The largest absolute Gasteiger partial charge is 0.378 e. The Kier molecular flexibility index (Phi) is 3.09. The fourth-order valence-corrected chi connectivity index (χ4v) is 6.29. The van der Waals surface area contributed by atoms with Gasteiger partial charge in [-0.3, -0.25) is 4.79 Å². The fraction of sp³-hybridized carbons (Fsp3) is 0.882. The topological polar surface area (TPSA) is 73.1 Å². The van der Waals surface area contributed by atoms with Gasteiger partial charge in [-0.25, -0.2) is 0 Å². The maximum Gasteiger partial charge on any atom is 0.229 e. The van der Waals surface area contributed by atoms with Crippen LogP contribution in [0, 0.1) is 24.2 Å². The van der Waals surface area contributed by atoms with Crippen LogP contribution in [0.5, 0.6) is 0 Å². The molecule has 0 spiro atoms. The number of amides is 1. The van der Waals surface area contributed by atoms with Crippen molar-refractivity contribution in [3.63, 3.8) is 0 Å². The van der Waals surface area contributed by atoms with E-state index in [1.54, 1.807) is 0 Å². The molecule has 4 saturated carbocycles. The first-order valence-electron chi connectivity index (χ1n) is 9.23. The van der Waals surface area contributed by atoms with Crippen molar-refractivity contribution < 1.29 is 9.53 Å². The summed E-state index contributed by atoms with van der Waals surface area (Å²) in [5, 5.41) is 13.0. The van der Waals surface area contributed by atoms with Crippen LogP contribution in [0.3, 0.4) is 0 Å². The van der Waals surface area contributed by atoms with Gasteiger partial charge in [0.05, 0.1) is 24.2 Å². The molecule has 7 nitrogen and oxygen atoms in total. The highest BCUT2D eigenvalue weighted by Crippen LogP contribution is 2.64. The summed E-state index contributed by atoms with van der Waals surface area (Å²) < 4.78 is 5.43. The van der Waals surface area contributed by atoms with Crippen LogP contribution in [-0.2, 0) is 15.1 Å². The Balaban J connectivity index is 1.50. The van der Waals surface area contributed by atoms with Crippen LogP contribution in [0.2, 0.25) is 0 Å². The molecule has 5 fully saturated rings. The molecule has 1 saturated heterocycles. The van der Waals surface area contributed by atoms with E-state index in [4.69, 9.17) is 4.74 Å². The molecule has 4 bridgehead atoms. The van der Waals surface area contributed by atoms with Gasteiger partial charge < -0.3 is 9.64 Å². The first kappa shape index (κ1) is 14.8. The average molecular weight is 331 g/mol. The predicted molar refractivity (Wildman–Crippen MR) is 85.0 cm³/mol. The Morgan fingerprint density at radius 2 is 1.88 bits per heavy atom. The summed E-state index contributed by atoms with van der Waals surface area (Å²) in [4.78, 5) is 17.3. The first-order valence-corrected chi connectivity index (χ1v) is 9.23. The molecular weight excluding hydrogens is 306 g/mol. The lowest BCUT2D eigenvalue weighted by molar-refractivity contribution is -0.171. The number of ether oxygens (including phenoxy) is 1. The van der Waals surface area contributed by atoms with Crippen molar-refractivity contribution in [3.8, 4) is 0 Å². The molecule has 130 valence electrons. The summed E-state index contributed by atoms with van der Waals surface area (Å²) >= 11 is 0. The van der Waals surface area contributed by atoms with Gasteiger partial charge in [0.2, 0.25) is 5.91 Å². The van der Waals surface area contributed by atoms with Gasteiger partial charge in [-0.1, -0.05) is 0 Å². The molecule has 24 heavy (non-hydrogen) atoms. The molecule has 0 radical (unpaired) electrons. The second-order valence-corrected chi connectivity index (χ2v) is 8.50. The second kappa shape index (κ2) is 5.00. The lowest BCUT2D eigenvalue weighted by atomic mass is 9.46. The van der Waals surface area contributed by atoms with Crippen molar-refractivity contribution in [2.45, 2.75) is 51.0 Å². The molecule has 1 aromatic heterocycles. The third kappa shape index (κ3) is 2.06. The van der Waals surface area contributed by atoms with E-state index in [0.29, 0.717) is 31.0 Å². The Hall–Kier alpha value is -1.50. The van der Waals surface area contributed by atoms with Crippen molar-refractivity contribution in [1.29, 1.82) is 0 Å². The van der Waals surface area contributed by atoms with Gasteiger partial charge in [-0.05, 0) is 62.5 Å². The molecule has 2 atom stereocenters. The van der Waals surface area contributed by atoms with Crippen molar-refractivity contribution in [3.05, 3.63) is 5.82 Å². The summed E-state index contributed by atoms with van der Waals surface area (Å²) in [5.74, 6) is 2.34. The Labute approximate surface area is 141 Å².